The van der Waals surface area contributed by atoms with Gasteiger partial charge in [0.2, 0.25) is 0 Å². The van der Waals surface area contributed by atoms with Gasteiger partial charge in [0, 0.05) is 30.7 Å². The number of likely N-dealkylation sites (N-methyl/N-ethyl adjacent to an activating group) is 1. The third kappa shape index (κ3) is 4.13. The minimum Gasteiger partial charge on any atom is -0.309 e. The number of nitrogens with one attached hydrogen (secondary N) is 1. The molecule has 1 atom stereocenters. The van der Waals surface area contributed by atoms with E-state index in [1.807, 2.05) is 11.6 Å². The molecule has 1 aromatic carbocycles. The zero-order valence-corrected chi connectivity index (χ0v) is 13.1. The Bertz CT molecular complexity index is 466. The third-order valence-electron chi connectivity index (χ3n) is 3.53. The summed E-state index contributed by atoms with van der Waals surface area (Å²) in [5, 5.41) is 6.72. The quantitative estimate of drug-likeness (QED) is 0.808. The number of nitrogens with zero attached hydrogens (tertiary/aromatic N) is 2. The van der Waals surface area contributed by atoms with Crippen LogP contribution in [-0.2, 0) is 6.54 Å². The normalized spacial score (nSPS) is 12.8. The molecule has 0 aliphatic heterocycles. The fourth-order valence-electron chi connectivity index (χ4n) is 2.45. The van der Waals surface area contributed by atoms with E-state index in [9.17, 15) is 0 Å². The van der Waals surface area contributed by atoms with Gasteiger partial charge in [-0.15, -0.1) is 11.3 Å². The molecular weight excluding hydrogens is 266 g/mol. The van der Waals surface area contributed by atoms with Crippen molar-refractivity contribution in [2.45, 2.75) is 26.4 Å². The van der Waals surface area contributed by atoms with E-state index in [-0.39, 0.29) is 0 Å². The molecule has 2 aromatic rings. The second-order valence-electron chi connectivity index (χ2n) is 4.70. The number of rotatable bonds is 8. The first kappa shape index (κ1) is 15.2. The SMILES string of the molecule is CCN(CC)C(CNCc1nccs1)c1ccccc1. The van der Waals surface area contributed by atoms with Crippen molar-refractivity contribution in [1.29, 1.82) is 0 Å². The maximum atomic E-state index is 4.31. The maximum absolute atomic E-state index is 4.31. The molecule has 20 heavy (non-hydrogen) atoms. The van der Waals surface area contributed by atoms with E-state index >= 15 is 0 Å². The van der Waals surface area contributed by atoms with Gasteiger partial charge in [-0.25, -0.2) is 4.98 Å². The first-order valence-electron chi connectivity index (χ1n) is 7.23. The molecule has 0 bridgehead atoms. The van der Waals surface area contributed by atoms with Crippen LogP contribution in [0.15, 0.2) is 41.9 Å². The Balaban J connectivity index is 1.99. The molecule has 1 N–H and O–H groups in total. The molecule has 0 saturated carbocycles. The van der Waals surface area contributed by atoms with Crippen molar-refractivity contribution in [3.05, 3.63) is 52.5 Å². The number of hydrogen-bond acceptors (Lipinski definition) is 4. The lowest BCUT2D eigenvalue weighted by Gasteiger charge is -2.30. The molecule has 1 aromatic heterocycles. The van der Waals surface area contributed by atoms with Gasteiger partial charge in [0.05, 0.1) is 0 Å². The summed E-state index contributed by atoms with van der Waals surface area (Å²) in [6.07, 6.45) is 1.86. The Kier molecular flexibility index (Phi) is 6.18. The smallest absolute Gasteiger partial charge is 0.106 e. The van der Waals surface area contributed by atoms with E-state index in [2.05, 4.69) is 59.4 Å². The highest BCUT2D eigenvalue weighted by Gasteiger charge is 2.17. The third-order valence-corrected chi connectivity index (χ3v) is 4.31. The van der Waals surface area contributed by atoms with Gasteiger partial charge in [0.1, 0.15) is 5.01 Å². The summed E-state index contributed by atoms with van der Waals surface area (Å²) in [5.41, 5.74) is 1.38. The van der Waals surface area contributed by atoms with Crippen LogP contribution in [0.1, 0.15) is 30.5 Å². The van der Waals surface area contributed by atoms with Gasteiger partial charge >= 0.3 is 0 Å². The van der Waals surface area contributed by atoms with Crippen LogP contribution in [0.4, 0.5) is 0 Å². The summed E-state index contributed by atoms with van der Waals surface area (Å²) in [4.78, 5) is 6.80. The summed E-state index contributed by atoms with van der Waals surface area (Å²) >= 11 is 1.70. The molecule has 3 nitrogen and oxygen atoms in total. The van der Waals surface area contributed by atoms with Crippen molar-refractivity contribution in [2.24, 2.45) is 0 Å². The fourth-order valence-corrected chi connectivity index (χ4v) is 3.04. The zero-order valence-electron chi connectivity index (χ0n) is 12.2. The molecule has 0 saturated heterocycles. The van der Waals surface area contributed by atoms with Gasteiger partial charge in [0.25, 0.3) is 0 Å². The number of hydrogen-bond donors (Lipinski definition) is 1. The lowest BCUT2D eigenvalue weighted by molar-refractivity contribution is 0.213. The van der Waals surface area contributed by atoms with E-state index in [0.29, 0.717) is 6.04 Å². The average Bonchev–Trinajstić information content (AvgIpc) is 3.01. The predicted octanol–water partition coefficient (Wildman–Crippen LogP) is 3.32. The van der Waals surface area contributed by atoms with Crippen LogP contribution in [0, 0.1) is 0 Å². The summed E-state index contributed by atoms with van der Waals surface area (Å²) in [7, 11) is 0. The largest absolute Gasteiger partial charge is 0.309 e. The minimum absolute atomic E-state index is 0.422. The van der Waals surface area contributed by atoms with Crippen molar-refractivity contribution >= 4 is 11.3 Å². The molecule has 0 amide bonds. The van der Waals surface area contributed by atoms with Crippen molar-refractivity contribution in [2.75, 3.05) is 19.6 Å². The molecule has 0 aliphatic carbocycles. The van der Waals surface area contributed by atoms with Crippen molar-refractivity contribution in [3.8, 4) is 0 Å². The molecule has 0 fully saturated rings. The number of aromatic nitrogens is 1. The Morgan fingerprint density at radius 1 is 1.20 bits per heavy atom. The predicted molar refractivity (Wildman–Crippen MR) is 85.9 cm³/mol. The molecule has 4 heteroatoms. The molecule has 1 heterocycles. The van der Waals surface area contributed by atoms with Crippen LogP contribution in [0.2, 0.25) is 0 Å². The number of thiazole rings is 1. The molecule has 0 aliphatic rings. The lowest BCUT2D eigenvalue weighted by atomic mass is 10.1. The highest BCUT2D eigenvalue weighted by atomic mass is 32.1. The Morgan fingerprint density at radius 2 is 1.95 bits per heavy atom. The van der Waals surface area contributed by atoms with Crippen LogP contribution in [-0.4, -0.2) is 29.5 Å². The Morgan fingerprint density at radius 3 is 2.55 bits per heavy atom. The average molecular weight is 289 g/mol. The van der Waals surface area contributed by atoms with Gasteiger partial charge in [-0.3, -0.25) is 4.90 Å². The van der Waals surface area contributed by atoms with Crippen LogP contribution >= 0.6 is 11.3 Å². The van der Waals surface area contributed by atoms with Crippen LogP contribution in [0.3, 0.4) is 0 Å². The van der Waals surface area contributed by atoms with Crippen LogP contribution in [0.5, 0.6) is 0 Å². The minimum atomic E-state index is 0.422. The molecule has 2 rings (SSSR count). The summed E-state index contributed by atoms with van der Waals surface area (Å²) < 4.78 is 0. The maximum Gasteiger partial charge on any atom is 0.106 e. The van der Waals surface area contributed by atoms with E-state index in [0.717, 1.165) is 31.2 Å². The lowest BCUT2D eigenvalue weighted by Crippen LogP contribution is -2.35. The van der Waals surface area contributed by atoms with Crippen molar-refractivity contribution in [1.82, 2.24) is 15.2 Å². The molecule has 0 spiro atoms. The standard InChI is InChI=1S/C16H23N3S/c1-3-19(4-2)15(14-8-6-5-7-9-14)12-17-13-16-18-10-11-20-16/h5-11,15,17H,3-4,12-13H2,1-2H3. The zero-order chi connectivity index (χ0) is 14.2. The first-order chi connectivity index (χ1) is 9.85. The van der Waals surface area contributed by atoms with Gasteiger partial charge in [0.15, 0.2) is 0 Å². The van der Waals surface area contributed by atoms with E-state index in [4.69, 9.17) is 0 Å². The van der Waals surface area contributed by atoms with Crippen LogP contribution in [0.25, 0.3) is 0 Å². The van der Waals surface area contributed by atoms with Crippen LogP contribution < -0.4 is 5.32 Å². The molecule has 1 unspecified atom stereocenters. The van der Waals surface area contributed by atoms with E-state index < -0.39 is 0 Å². The molecular formula is C16H23N3S. The monoisotopic (exact) mass is 289 g/mol. The topological polar surface area (TPSA) is 28.2 Å². The molecule has 0 radical (unpaired) electrons. The number of benzene rings is 1. The first-order valence-corrected chi connectivity index (χ1v) is 8.11. The highest BCUT2D eigenvalue weighted by Crippen LogP contribution is 2.19. The van der Waals surface area contributed by atoms with Gasteiger partial charge in [-0.1, -0.05) is 44.2 Å². The summed E-state index contributed by atoms with van der Waals surface area (Å²) in [6, 6.07) is 11.2. The van der Waals surface area contributed by atoms with Gasteiger partial charge < -0.3 is 5.32 Å². The second kappa shape index (κ2) is 8.15. The highest BCUT2D eigenvalue weighted by molar-refractivity contribution is 7.09. The summed E-state index contributed by atoms with van der Waals surface area (Å²) in [5.74, 6) is 0. The second-order valence-corrected chi connectivity index (χ2v) is 5.68. The summed E-state index contributed by atoms with van der Waals surface area (Å²) in [6.45, 7) is 8.37. The van der Waals surface area contributed by atoms with Gasteiger partial charge in [-0.05, 0) is 18.7 Å². The van der Waals surface area contributed by atoms with Crippen molar-refractivity contribution in [3.63, 3.8) is 0 Å². The Labute approximate surface area is 125 Å². The van der Waals surface area contributed by atoms with Gasteiger partial charge in [-0.2, -0.15) is 0 Å². The Hall–Kier alpha value is -1.23. The fraction of sp³-hybridized carbons (Fsp3) is 0.438. The van der Waals surface area contributed by atoms with Crippen molar-refractivity contribution < 1.29 is 0 Å². The molecule has 108 valence electrons. The van der Waals surface area contributed by atoms with E-state index in [1.54, 1.807) is 11.3 Å². The van der Waals surface area contributed by atoms with E-state index in [1.165, 1.54) is 5.56 Å².